The fourth-order valence-corrected chi connectivity index (χ4v) is 6.12. The van der Waals surface area contributed by atoms with Crippen LogP contribution in [0.4, 0.5) is 0 Å². The van der Waals surface area contributed by atoms with Gasteiger partial charge in [-0.25, -0.2) is 0 Å². The number of ether oxygens (including phenoxy) is 3. The normalized spacial score (nSPS) is 13.3. The fourth-order valence-electron chi connectivity index (χ4n) is 6.12. The summed E-state index contributed by atoms with van der Waals surface area (Å²) < 4.78 is 17.9. The first-order chi connectivity index (χ1) is 24.5. The van der Waals surface area contributed by atoms with Crippen molar-refractivity contribution in [2.45, 2.75) is 44.4 Å². The predicted octanol–water partition coefficient (Wildman–Crippen LogP) is 7.56. The van der Waals surface area contributed by atoms with Crippen LogP contribution in [-0.2, 0) is 38.4 Å². The van der Waals surface area contributed by atoms with E-state index in [0.717, 1.165) is 22.3 Å². The van der Waals surface area contributed by atoms with Crippen molar-refractivity contribution < 1.29 is 28.9 Å². The first kappa shape index (κ1) is 37.8. The molecular weight excluding hydrogens is 626 g/mol. The summed E-state index contributed by atoms with van der Waals surface area (Å²) in [6, 6.07) is 36.1. The number of hydrogen-bond acceptors (Lipinski definition) is 6. The molecule has 7 nitrogen and oxygen atoms in total. The van der Waals surface area contributed by atoms with E-state index in [2.05, 4.69) is 13.2 Å². The van der Waals surface area contributed by atoms with Gasteiger partial charge >= 0.3 is 5.97 Å². The summed E-state index contributed by atoms with van der Waals surface area (Å²) in [7, 11) is 1.59. The third-order valence-corrected chi connectivity index (χ3v) is 8.61. The minimum Gasteiger partial charge on any atom is -0.491 e. The van der Waals surface area contributed by atoms with Gasteiger partial charge in [0.2, 0.25) is 5.91 Å². The van der Waals surface area contributed by atoms with Gasteiger partial charge in [0, 0.05) is 19.6 Å². The third-order valence-electron chi connectivity index (χ3n) is 8.61. The molecule has 0 saturated carbocycles. The Morgan fingerprint density at radius 2 is 1.28 bits per heavy atom. The lowest BCUT2D eigenvalue weighted by molar-refractivity contribution is -0.164. The Kier molecular flexibility index (Phi) is 15.5. The van der Waals surface area contributed by atoms with Gasteiger partial charge in [-0.15, -0.1) is 13.2 Å². The molecule has 1 N–H and O–H groups in total. The van der Waals surface area contributed by atoms with Crippen molar-refractivity contribution in [2.24, 2.45) is 11.8 Å². The first-order valence-electron chi connectivity index (χ1n) is 17.1. The Morgan fingerprint density at radius 3 is 1.82 bits per heavy atom. The molecule has 0 unspecified atom stereocenters. The van der Waals surface area contributed by atoms with Crippen LogP contribution in [0, 0.1) is 11.8 Å². The number of carbonyl (C=O) groups is 2. The summed E-state index contributed by atoms with van der Waals surface area (Å²) in [6.07, 6.45) is 4.61. The number of allylic oxidation sites excluding steroid dienone is 2. The summed E-state index contributed by atoms with van der Waals surface area (Å²) in [5.74, 6) is -0.731. The molecule has 0 saturated heterocycles. The number of amides is 1. The molecule has 0 aliphatic heterocycles. The fraction of sp³-hybridized carbons (Fsp3) is 0.302. The molecule has 4 atom stereocenters. The SMILES string of the molecule is C=CC[C@H](Cc1ccccc1)C(=O)O[C@@H](c1ccccc1)[C@H](COC)N(Cc1ccc(OCCO)cc1)C(=O)[C@H](CC=C)Cc1ccccc1. The average Bonchev–Trinajstić information content (AvgIpc) is 3.15. The van der Waals surface area contributed by atoms with E-state index < -0.39 is 24.0 Å². The van der Waals surface area contributed by atoms with Crippen molar-refractivity contribution in [1.82, 2.24) is 4.90 Å². The summed E-state index contributed by atoms with van der Waals surface area (Å²) in [4.78, 5) is 30.8. The van der Waals surface area contributed by atoms with Crippen molar-refractivity contribution in [1.29, 1.82) is 0 Å². The molecular formula is C43H49NO6. The van der Waals surface area contributed by atoms with E-state index in [-0.39, 0.29) is 38.2 Å². The van der Waals surface area contributed by atoms with Crippen LogP contribution in [0.1, 0.15) is 41.2 Å². The van der Waals surface area contributed by atoms with Crippen LogP contribution in [0.25, 0.3) is 0 Å². The van der Waals surface area contributed by atoms with Gasteiger partial charge in [-0.05, 0) is 60.1 Å². The number of hydrogen-bond donors (Lipinski definition) is 1. The minimum absolute atomic E-state index is 0.0898. The van der Waals surface area contributed by atoms with E-state index in [9.17, 15) is 14.7 Å². The highest BCUT2D eigenvalue weighted by Gasteiger charge is 2.38. The standard InChI is InChI=1S/C43H49NO6/c1-4-15-37(29-33-17-9-6-10-18-33)42(46)44(31-35-23-25-39(26-24-35)49-28-27-45)40(32-48-3)41(36-21-13-8-14-22-36)50-43(47)38(16-5-2)30-34-19-11-7-12-20-34/h4-14,17-26,37-38,40-41,45H,1-2,15-16,27-32H2,3H3/t37-,38-,40+,41+/m1/s1. The molecule has 0 aromatic heterocycles. The van der Waals surface area contributed by atoms with E-state index in [1.54, 1.807) is 24.2 Å². The largest absolute Gasteiger partial charge is 0.491 e. The van der Waals surface area contributed by atoms with Crippen molar-refractivity contribution in [3.63, 3.8) is 0 Å². The zero-order valence-corrected chi connectivity index (χ0v) is 28.9. The molecule has 0 radical (unpaired) electrons. The minimum atomic E-state index is -0.830. The number of nitrogens with zero attached hydrogens (tertiary/aromatic N) is 1. The number of aliphatic hydroxyl groups is 1. The zero-order valence-electron chi connectivity index (χ0n) is 28.9. The molecule has 4 aromatic carbocycles. The molecule has 4 aromatic rings. The van der Waals surface area contributed by atoms with Gasteiger partial charge in [-0.2, -0.15) is 0 Å². The van der Waals surface area contributed by atoms with E-state index in [1.807, 2.05) is 115 Å². The van der Waals surface area contributed by atoms with Gasteiger partial charge in [-0.3, -0.25) is 9.59 Å². The Bertz CT molecular complexity index is 1590. The summed E-state index contributed by atoms with van der Waals surface area (Å²) in [6.45, 7) is 8.33. The van der Waals surface area contributed by atoms with Crippen LogP contribution < -0.4 is 4.74 Å². The van der Waals surface area contributed by atoms with Gasteiger partial charge in [0.1, 0.15) is 18.5 Å². The monoisotopic (exact) mass is 675 g/mol. The molecule has 0 fully saturated rings. The maximum Gasteiger partial charge on any atom is 0.310 e. The number of benzene rings is 4. The van der Waals surface area contributed by atoms with Crippen molar-refractivity contribution in [3.8, 4) is 5.75 Å². The lowest BCUT2D eigenvalue weighted by Crippen LogP contribution is -2.49. The van der Waals surface area contributed by atoms with Gasteiger partial charge in [0.15, 0.2) is 0 Å². The average molecular weight is 676 g/mol. The Hall–Kier alpha value is -4.98. The highest BCUT2D eigenvalue weighted by atomic mass is 16.5. The molecule has 1 amide bonds. The molecule has 0 bridgehead atoms. The Labute approximate surface area is 296 Å². The molecule has 262 valence electrons. The second-order valence-electron chi connectivity index (χ2n) is 12.3. The lowest BCUT2D eigenvalue weighted by atomic mass is 9.92. The number of aliphatic hydroxyl groups excluding tert-OH is 1. The quantitative estimate of drug-likeness (QED) is 0.0725. The highest BCUT2D eigenvalue weighted by Crippen LogP contribution is 2.32. The van der Waals surface area contributed by atoms with Crippen LogP contribution in [-0.4, -0.2) is 54.9 Å². The molecule has 0 aliphatic carbocycles. The number of carbonyl (C=O) groups excluding carboxylic acids is 2. The Morgan fingerprint density at radius 1 is 0.740 bits per heavy atom. The molecule has 0 heterocycles. The number of rotatable bonds is 21. The smallest absolute Gasteiger partial charge is 0.310 e. The highest BCUT2D eigenvalue weighted by molar-refractivity contribution is 5.80. The maximum absolute atomic E-state index is 14.9. The van der Waals surface area contributed by atoms with Crippen LogP contribution >= 0.6 is 0 Å². The van der Waals surface area contributed by atoms with E-state index in [1.165, 1.54) is 0 Å². The second-order valence-corrected chi connectivity index (χ2v) is 12.3. The predicted molar refractivity (Wildman–Crippen MR) is 197 cm³/mol. The second kappa shape index (κ2) is 20.5. The maximum atomic E-state index is 14.9. The molecule has 7 heteroatoms. The molecule has 4 rings (SSSR count). The van der Waals surface area contributed by atoms with Gasteiger partial charge in [0.05, 0.1) is 25.2 Å². The van der Waals surface area contributed by atoms with Crippen LogP contribution in [0.2, 0.25) is 0 Å². The van der Waals surface area contributed by atoms with Crippen LogP contribution in [0.3, 0.4) is 0 Å². The molecule has 0 aliphatic rings. The summed E-state index contributed by atoms with van der Waals surface area (Å²) in [5, 5.41) is 9.19. The lowest BCUT2D eigenvalue weighted by Gasteiger charge is -2.39. The summed E-state index contributed by atoms with van der Waals surface area (Å²) in [5.41, 5.74) is 3.69. The number of methoxy groups -OCH3 is 1. The van der Waals surface area contributed by atoms with Crippen molar-refractivity contribution in [3.05, 3.63) is 163 Å². The van der Waals surface area contributed by atoms with Crippen LogP contribution in [0.15, 0.2) is 141 Å². The Balaban J connectivity index is 1.76. The first-order valence-corrected chi connectivity index (χ1v) is 17.1. The van der Waals surface area contributed by atoms with Crippen molar-refractivity contribution in [2.75, 3.05) is 26.9 Å². The molecule has 0 spiro atoms. The van der Waals surface area contributed by atoms with Gasteiger partial charge in [-0.1, -0.05) is 115 Å². The number of esters is 1. The molecule has 50 heavy (non-hydrogen) atoms. The summed E-state index contributed by atoms with van der Waals surface area (Å²) >= 11 is 0. The van der Waals surface area contributed by atoms with E-state index in [4.69, 9.17) is 14.2 Å². The van der Waals surface area contributed by atoms with Crippen LogP contribution in [0.5, 0.6) is 5.75 Å². The topological polar surface area (TPSA) is 85.3 Å². The van der Waals surface area contributed by atoms with E-state index in [0.29, 0.717) is 31.4 Å². The van der Waals surface area contributed by atoms with Gasteiger partial charge in [0.25, 0.3) is 0 Å². The van der Waals surface area contributed by atoms with E-state index >= 15 is 0 Å². The third kappa shape index (κ3) is 11.3. The van der Waals surface area contributed by atoms with Crippen molar-refractivity contribution >= 4 is 11.9 Å². The zero-order chi connectivity index (χ0) is 35.6. The van der Waals surface area contributed by atoms with Gasteiger partial charge < -0.3 is 24.2 Å².